The summed E-state index contributed by atoms with van der Waals surface area (Å²) in [5, 5.41) is 3.58. The number of methoxy groups -OCH3 is 1. The first-order valence-electron chi connectivity index (χ1n) is 6.59. The van der Waals surface area contributed by atoms with Gasteiger partial charge in [0, 0.05) is 12.1 Å². The number of aromatic nitrogens is 1. The molecule has 8 heteroatoms. The maximum atomic E-state index is 12.1. The highest BCUT2D eigenvalue weighted by Crippen LogP contribution is 2.11. The van der Waals surface area contributed by atoms with Crippen molar-refractivity contribution in [1.82, 2.24) is 9.88 Å². The van der Waals surface area contributed by atoms with Crippen molar-refractivity contribution in [2.24, 2.45) is 0 Å². The highest BCUT2D eigenvalue weighted by Gasteiger charge is 2.14. The fourth-order valence-electron chi connectivity index (χ4n) is 1.82. The van der Waals surface area contributed by atoms with Crippen LogP contribution in [0.2, 0.25) is 0 Å². The van der Waals surface area contributed by atoms with E-state index < -0.39 is 16.0 Å². The average molecular weight is 324 g/mol. The van der Waals surface area contributed by atoms with Crippen molar-refractivity contribution in [3.8, 4) is 0 Å². The summed E-state index contributed by atoms with van der Waals surface area (Å²) in [4.78, 5) is 11.4. The number of hydrogen-bond acceptors (Lipinski definition) is 6. The Labute approximate surface area is 128 Å². The lowest BCUT2D eigenvalue weighted by Gasteiger charge is -2.07. The minimum Gasteiger partial charge on any atom is -0.465 e. The predicted octanol–water partition coefficient (Wildman–Crippen LogP) is 1.37. The van der Waals surface area contributed by atoms with Gasteiger partial charge in [-0.3, -0.25) is 0 Å². The van der Waals surface area contributed by atoms with E-state index in [0.29, 0.717) is 24.9 Å². The van der Waals surface area contributed by atoms with Gasteiger partial charge in [0.05, 0.1) is 23.8 Å². The molecule has 1 N–H and O–H groups in total. The van der Waals surface area contributed by atoms with Gasteiger partial charge >= 0.3 is 5.97 Å². The van der Waals surface area contributed by atoms with E-state index in [9.17, 15) is 13.2 Å². The Morgan fingerprint density at radius 2 is 2.05 bits per heavy atom. The molecule has 0 fully saturated rings. The number of sulfonamides is 1. The maximum Gasteiger partial charge on any atom is 0.337 e. The molecule has 0 aliphatic rings. The van der Waals surface area contributed by atoms with Crippen LogP contribution in [0.4, 0.5) is 0 Å². The summed E-state index contributed by atoms with van der Waals surface area (Å²) in [6.07, 6.45) is 4.42. The van der Waals surface area contributed by atoms with Gasteiger partial charge in [-0.2, -0.15) is 0 Å². The Kier molecular flexibility index (Phi) is 5.29. The molecule has 0 radical (unpaired) electrons. The quantitative estimate of drug-likeness (QED) is 0.610. The maximum absolute atomic E-state index is 12.1. The Bertz CT molecular complexity index is 708. The van der Waals surface area contributed by atoms with Gasteiger partial charge in [0.2, 0.25) is 10.0 Å². The minimum atomic E-state index is -3.59. The molecule has 1 heterocycles. The minimum absolute atomic E-state index is 0.102. The first kappa shape index (κ1) is 16.2. The number of ether oxygens (including phenoxy) is 1. The summed E-state index contributed by atoms with van der Waals surface area (Å²) in [6, 6.07) is 5.57. The zero-order chi connectivity index (χ0) is 16.0. The smallest absolute Gasteiger partial charge is 0.337 e. The van der Waals surface area contributed by atoms with Gasteiger partial charge in [-0.1, -0.05) is 5.16 Å². The Hall–Kier alpha value is -2.19. The van der Waals surface area contributed by atoms with Crippen LogP contribution >= 0.6 is 0 Å². The SMILES string of the molecule is COC(=O)c1ccc(S(=O)(=O)NCCCc2cnoc2)cc1. The van der Waals surface area contributed by atoms with Crippen LogP contribution in [0.25, 0.3) is 0 Å². The average Bonchev–Trinajstić information content (AvgIpc) is 3.04. The van der Waals surface area contributed by atoms with Crippen LogP contribution in [-0.4, -0.2) is 33.2 Å². The van der Waals surface area contributed by atoms with Crippen molar-refractivity contribution in [1.29, 1.82) is 0 Å². The van der Waals surface area contributed by atoms with Crippen molar-refractivity contribution < 1.29 is 22.5 Å². The molecule has 1 aromatic heterocycles. The van der Waals surface area contributed by atoms with E-state index in [1.54, 1.807) is 6.20 Å². The van der Waals surface area contributed by atoms with Crippen LogP contribution in [0.3, 0.4) is 0 Å². The number of aryl methyl sites for hydroxylation is 1. The lowest BCUT2D eigenvalue weighted by Crippen LogP contribution is -2.25. The summed E-state index contributed by atoms with van der Waals surface area (Å²) >= 11 is 0. The van der Waals surface area contributed by atoms with Gasteiger partial charge in [0.1, 0.15) is 6.26 Å². The molecule has 0 aliphatic heterocycles. The summed E-state index contributed by atoms with van der Waals surface area (Å²) < 4.78 is 35.9. The molecule has 0 aliphatic carbocycles. The predicted molar refractivity (Wildman–Crippen MR) is 77.8 cm³/mol. The second kappa shape index (κ2) is 7.19. The molecule has 0 bridgehead atoms. The molecule has 2 rings (SSSR count). The van der Waals surface area contributed by atoms with Gasteiger partial charge < -0.3 is 9.26 Å². The zero-order valence-electron chi connectivity index (χ0n) is 12.0. The van der Waals surface area contributed by atoms with Crippen LogP contribution in [0.1, 0.15) is 22.3 Å². The Morgan fingerprint density at radius 3 is 2.64 bits per heavy atom. The van der Waals surface area contributed by atoms with Crippen molar-refractivity contribution >= 4 is 16.0 Å². The number of rotatable bonds is 7. The standard InChI is InChI=1S/C14H16N2O5S/c1-20-14(17)12-4-6-13(7-5-12)22(18,19)16-8-2-3-11-9-15-21-10-11/h4-7,9-10,16H,2-3,8H2,1H3. The second-order valence-electron chi connectivity index (χ2n) is 4.55. The van der Waals surface area contributed by atoms with Crippen LogP contribution in [0, 0.1) is 0 Å². The lowest BCUT2D eigenvalue weighted by atomic mass is 10.2. The molecule has 0 spiro atoms. The molecule has 0 atom stereocenters. The van der Waals surface area contributed by atoms with Gasteiger partial charge in [0.15, 0.2) is 0 Å². The third-order valence-electron chi connectivity index (χ3n) is 3.00. The number of carbonyl (C=O) groups excluding carboxylic acids is 1. The first-order chi connectivity index (χ1) is 10.5. The fourth-order valence-corrected chi connectivity index (χ4v) is 2.89. The third-order valence-corrected chi connectivity index (χ3v) is 4.48. The summed E-state index contributed by atoms with van der Waals surface area (Å²) in [5.41, 5.74) is 1.22. The van der Waals surface area contributed by atoms with E-state index in [1.165, 1.54) is 37.6 Å². The number of hydrogen-bond donors (Lipinski definition) is 1. The largest absolute Gasteiger partial charge is 0.465 e. The number of benzene rings is 1. The summed E-state index contributed by atoms with van der Waals surface area (Å²) in [5.74, 6) is -0.509. The topological polar surface area (TPSA) is 98.5 Å². The van der Waals surface area contributed by atoms with Crippen molar-refractivity contribution in [3.05, 3.63) is 47.9 Å². The van der Waals surface area contributed by atoms with E-state index >= 15 is 0 Å². The van der Waals surface area contributed by atoms with E-state index in [4.69, 9.17) is 4.52 Å². The Balaban J connectivity index is 1.90. The molecule has 0 unspecified atom stereocenters. The number of nitrogens with zero attached hydrogens (tertiary/aromatic N) is 1. The zero-order valence-corrected chi connectivity index (χ0v) is 12.8. The highest BCUT2D eigenvalue weighted by atomic mass is 32.2. The molecule has 2 aromatic rings. The molecule has 0 saturated carbocycles. The molecule has 118 valence electrons. The Morgan fingerprint density at radius 1 is 1.32 bits per heavy atom. The van der Waals surface area contributed by atoms with Crippen molar-refractivity contribution in [2.45, 2.75) is 17.7 Å². The number of esters is 1. The van der Waals surface area contributed by atoms with E-state index in [0.717, 1.165) is 5.56 Å². The number of nitrogens with one attached hydrogen (secondary N) is 1. The first-order valence-corrected chi connectivity index (χ1v) is 8.07. The van der Waals surface area contributed by atoms with Gasteiger partial charge in [0.25, 0.3) is 0 Å². The second-order valence-corrected chi connectivity index (χ2v) is 6.32. The van der Waals surface area contributed by atoms with Crippen LogP contribution < -0.4 is 4.72 Å². The van der Waals surface area contributed by atoms with E-state index in [-0.39, 0.29) is 4.90 Å². The lowest BCUT2D eigenvalue weighted by molar-refractivity contribution is 0.0600. The highest BCUT2D eigenvalue weighted by molar-refractivity contribution is 7.89. The third kappa shape index (κ3) is 4.15. The van der Waals surface area contributed by atoms with Crippen molar-refractivity contribution in [3.63, 3.8) is 0 Å². The van der Waals surface area contributed by atoms with E-state index in [1.807, 2.05) is 0 Å². The fraction of sp³-hybridized carbons (Fsp3) is 0.286. The summed E-state index contributed by atoms with van der Waals surface area (Å²) in [6.45, 7) is 0.298. The molecule has 0 amide bonds. The monoisotopic (exact) mass is 324 g/mol. The summed E-state index contributed by atoms with van der Waals surface area (Å²) in [7, 11) is -2.32. The number of carbonyl (C=O) groups is 1. The van der Waals surface area contributed by atoms with E-state index in [2.05, 4.69) is 14.6 Å². The molecular formula is C14H16N2O5S. The molecule has 7 nitrogen and oxygen atoms in total. The molecule has 0 saturated heterocycles. The molecule has 22 heavy (non-hydrogen) atoms. The molecular weight excluding hydrogens is 308 g/mol. The van der Waals surface area contributed by atoms with Crippen LogP contribution in [0.5, 0.6) is 0 Å². The molecule has 1 aromatic carbocycles. The van der Waals surface area contributed by atoms with Gasteiger partial charge in [-0.05, 0) is 37.1 Å². The van der Waals surface area contributed by atoms with Gasteiger partial charge in [-0.25, -0.2) is 17.9 Å². The van der Waals surface area contributed by atoms with Crippen molar-refractivity contribution in [2.75, 3.05) is 13.7 Å². The van der Waals surface area contributed by atoms with Gasteiger partial charge in [-0.15, -0.1) is 0 Å². The van der Waals surface area contributed by atoms with Crippen LogP contribution in [-0.2, 0) is 21.2 Å². The van der Waals surface area contributed by atoms with Crippen LogP contribution in [0.15, 0.2) is 46.1 Å². The normalized spacial score (nSPS) is 11.3.